The summed E-state index contributed by atoms with van der Waals surface area (Å²) >= 11 is 5.91. The van der Waals surface area contributed by atoms with Crippen molar-refractivity contribution in [1.82, 2.24) is 15.0 Å². The molecule has 0 aliphatic carbocycles. The molecule has 0 aliphatic heterocycles. The van der Waals surface area contributed by atoms with E-state index in [1.807, 2.05) is 0 Å². The van der Waals surface area contributed by atoms with E-state index in [0.717, 1.165) is 0 Å². The van der Waals surface area contributed by atoms with Crippen LogP contribution in [0.4, 0.5) is 0 Å². The molecule has 1 aromatic carbocycles. The Morgan fingerprint density at radius 2 is 2.32 bits per heavy atom. The molecule has 7 heteroatoms. The number of carbonyl (C=O) groups excluding carboxylic acids is 1. The Morgan fingerprint density at radius 1 is 1.53 bits per heavy atom. The third kappa shape index (κ3) is 3.10. The second-order valence-electron chi connectivity index (χ2n) is 3.88. The van der Waals surface area contributed by atoms with Gasteiger partial charge in [-0.15, -0.1) is 5.10 Å². The smallest absolute Gasteiger partial charge is 0.184 e. The number of aromatic nitrogens is 3. The Bertz CT molecular complexity index is 597. The zero-order valence-corrected chi connectivity index (χ0v) is 11.1. The molecule has 0 radical (unpaired) electrons. The van der Waals surface area contributed by atoms with Crippen LogP contribution in [0.5, 0.6) is 5.75 Å². The van der Waals surface area contributed by atoms with Crippen molar-refractivity contribution in [2.75, 3.05) is 7.11 Å². The lowest BCUT2D eigenvalue weighted by Crippen LogP contribution is -2.11. The van der Waals surface area contributed by atoms with Crippen molar-refractivity contribution in [3.8, 4) is 5.75 Å². The summed E-state index contributed by atoms with van der Waals surface area (Å²) in [6.45, 7) is 0.390. The quantitative estimate of drug-likeness (QED) is 0.834. The van der Waals surface area contributed by atoms with E-state index in [1.165, 1.54) is 11.8 Å². The number of ether oxygens (including phenoxy) is 1. The van der Waals surface area contributed by atoms with E-state index in [2.05, 4.69) is 10.3 Å². The molecule has 6 nitrogen and oxygen atoms in total. The summed E-state index contributed by atoms with van der Waals surface area (Å²) in [5.74, 6) is 0.359. The fourth-order valence-corrected chi connectivity index (χ4v) is 1.78. The normalized spacial score (nSPS) is 10.5. The van der Waals surface area contributed by atoms with Gasteiger partial charge in [-0.3, -0.25) is 4.79 Å². The molecular weight excluding hydrogens is 268 g/mol. The van der Waals surface area contributed by atoms with E-state index in [9.17, 15) is 4.79 Å². The topological polar surface area (TPSA) is 83.0 Å². The molecule has 2 rings (SSSR count). The molecule has 0 spiro atoms. The van der Waals surface area contributed by atoms with Crippen molar-refractivity contribution in [1.29, 1.82) is 0 Å². The third-order valence-electron chi connectivity index (χ3n) is 2.57. The highest BCUT2D eigenvalue weighted by atomic mass is 35.5. The number of benzene rings is 1. The highest BCUT2D eigenvalue weighted by Crippen LogP contribution is 2.25. The minimum Gasteiger partial charge on any atom is -0.495 e. The number of halogens is 1. The van der Waals surface area contributed by atoms with E-state index in [-0.39, 0.29) is 12.3 Å². The second-order valence-corrected chi connectivity index (χ2v) is 4.29. The minimum absolute atomic E-state index is 0.0950. The summed E-state index contributed by atoms with van der Waals surface area (Å²) in [4.78, 5) is 12.1. The minimum atomic E-state index is -0.108. The van der Waals surface area contributed by atoms with Crippen molar-refractivity contribution in [2.45, 2.75) is 13.1 Å². The van der Waals surface area contributed by atoms with Gasteiger partial charge in [0.15, 0.2) is 5.78 Å². The maximum Gasteiger partial charge on any atom is 0.184 e. The first-order valence-electron chi connectivity index (χ1n) is 5.60. The SMILES string of the molecule is COc1cc(C(=O)Cn2cc(CN)nn2)ccc1Cl. The summed E-state index contributed by atoms with van der Waals surface area (Å²) in [5, 5.41) is 8.10. The average molecular weight is 281 g/mol. The maximum atomic E-state index is 12.1. The van der Waals surface area contributed by atoms with Crippen LogP contribution in [0.1, 0.15) is 16.1 Å². The Kier molecular flexibility index (Phi) is 4.13. The Balaban J connectivity index is 2.15. The third-order valence-corrected chi connectivity index (χ3v) is 2.89. The lowest BCUT2D eigenvalue weighted by Gasteiger charge is -2.05. The molecule has 2 aromatic rings. The monoisotopic (exact) mass is 280 g/mol. The van der Waals surface area contributed by atoms with E-state index < -0.39 is 0 Å². The number of hydrogen-bond acceptors (Lipinski definition) is 5. The van der Waals surface area contributed by atoms with Crippen LogP contribution >= 0.6 is 11.6 Å². The van der Waals surface area contributed by atoms with Crippen molar-refractivity contribution >= 4 is 17.4 Å². The van der Waals surface area contributed by atoms with Crippen LogP contribution in [-0.4, -0.2) is 27.9 Å². The first-order valence-corrected chi connectivity index (χ1v) is 5.97. The number of hydrogen-bond donors (Lipinski definition) is 1. The van der Waals surface area contributed by atoms with Gasteiger partial charge in [0.25, 0.3) is 0 Å². The van der Waals surface area contributed by atoms with Crippen molar-refractivity contribution < 1.29 is 9.53 Å². The number of Topliss-reactive ketones (excluding diaryl/α,β-unsaturated/α-hetero) is 1. The van der Waals surface area contributed by atoms with Gasteiger partial charge in [-0.05, 0) is 18.2 Å². The molecule has 0 amide bonds. The van der Waals surface area contributed by atoms with Crippen LogP contribution in [0.15, 0.2) is 24.4 Å². The van der Waals surface area contributed by atoms with Crippen LogP contribution in [0.3, 0.4) is 0 Å². The van der Waals surface area contributed by atoms with E-state index >= 15 is 0 Å². The summed E-state index contributed by atoms with van der Waals surface area (Å²) in [5.41, 5.74) is 6.57. The molecule has 0 aliphatic rings. The first-order chi connectivity index (χ1) is 9.13. The fourth-order valence-electron chi connectivity index (χ4n) is 1.58. The molecule has 19 heavy (non-hydrogen) atoms. The van der Waals surface area contributed by atoms with Crippen molar-refractivity contribution in [2.24, 2.45) is 5.73 Å². The molecule has 100 valence electrons. The number of methoxy groups -OCH3 is 1. The largest absolute Gasteiger partial charge is 0.495 e. The molecule has 0 saturated carbocycles. The van der Waals surface area contributed by atoms with E-state index in [0.29, 0.717) is 28.6 Å². The first kappa shape index (κ1) is 13.5. The molecule has 0 saturated heterocycles. The Morgan fingerprint density at radius 3 is 2.95 bits per heavy atom. The summed E-state index contributed by atoms with van der Waals surface area (Å²) in [6.07, 6.45) is 1.64. The van der Waals surface area contributed by atoms with Crippen LogP contribution in [-0.2, 0) is 13.1 Å². The predicted molar refractivity (Wildman–Crippen MR) is 70.2 cm³/mol. The van der Waals surface area contributed by atoms with Crippen molar-refractivity contribution in [3.05, 3.63) is 40.7 Å². The molecular formula is C12H13ClN4O2. The van der Waals surface area contributed by atoms with Gasteiger partial charge in [0.2, 0.25) is 0 Å². The van der Waals surface area contributed by atoms with E-state index in [4.69, 9.17) is 22.1 Å². The number of carbonyl (C=O) groups is 1. The Labute approximate surface area is 115 Å². The average Bonchev–Trinajstić information content (AvgIpc) is 2.86. The Hall–Kier alpha value is -1.92. The highest BCUT2D eigenvalue weighted by molar-refractivity contribution is 6.32. The van der Waals surface area contributed by atoms with Crippen LogP contribution in [0.2, 0.25) is 5.02 Å². The predicted octanol–water partition coefficient (Wildman–Crippen LogP) is 1.28. The lowest BCUT2D eigenvalue weighted by atomic mass is 10.1. The summed E-state index contributed by atoms with van der Waals surface area (Å²) in [6, 6.07) is 4.87. The number of ketones is 1. The molecule has 0 fully saturated rings. The zero-order chi connectivity index (χ0) is 13.8. The zero-order valence-electron chi connectivity index (χ0n) is 10.3. The molecule has 0 unspecified atom stereocenters. The molecule has 0 bridgehead atoms. The van der Waals surface area contributed by atoms with Gasteiger partial charge in [0.05, 0.1) is 24.0 Å². The summed E-state index contributed by atoms with van der Waals surface area (Å²) < 4.78 is 6.52. The van der Waals surface area contributed by atoms with Gasteiger partial charge >= 0.3 is 0 Å². The second kappa shape index (κ2) is 5.81. The van der Waals surface area contributed by atoms with Gasteiger partial charge in [0, 0.05) is 12.1 Å². The molecule has 2 N–H and O–H groups in total. The van der Waals surface area contributed by atoms with Crippen LogP contribution in [0.25, 0.3) is 0 Å². The van der Waals surface area contributed by atoms with Gasteiger partial charge in [-0.2, -0.15) is 0 Å². The number of nitrogens with two attached hydrogens (primary N) is 1. The highest BCUT2D eigenvalue weighted by Gasteiger charge is 2.11. The standard InChI is InChI=1S/C12H13ClN4O2/c1-19-12-4-8(2-3-10(12)13)11(18)7-17-6-9(5-14)15-16-17/h2-4,6H,5,7,14H2,1H3. The van der Waals surface area contributed by atoms with Crippen LogP contribution < -0.4 is 10.5 Å². The van der Waals surface area contributed by atoms with Crippen molar-refractivity contribution in [3.63, 3.8) is 0 Å². The van der Waals surface area contributed by atoms with Gasteiger partial charge in [-0.1, -0.05) is 16.8 Å². The lowest BCUT2D eigenvalue weighted by molar-refractivity contribution is 0.0966. The fraction of sp³-hybridized carbons (Fsp3) is 0.250. The van der Waals surface area contributed by atoms with Gasteiger partial charge in [-0.25, -0.2) is 4.68 Å². The maximum absolute atomic E-state index is 12.1. The van der Waals surface area contributed by atoms with Gasteiger partial charge in [0.1, 0.15) is 12.3 Å². The van der Waals surface area contributed by atoms with E-state index in [1.54, 1.807) is 24.4 Å². The molecule has 0 atom stereocenters. The summed E-state index contributed by atoms with van der Waals surface area (Å²) in [7, 11) is 1.50. The number of rotatable bonds is 5. The molecule has 1 heterocycles. The van der Waals surface area contributed by atoms with Crippen LogP contribution in [0, 0.1) is 0 Å². The number of nitrogens with zero attached hydrogens (tertiary/aromatic N) is 3. The van der Waals surface area contributed by atoms with Gasteiger partial charge < -0.3 is 10.5 Å². The molecule has 1 aromatic heterocycles.